The molecule has 1 saturated heterocycles. The topological polar surface area (TPSA) is 62.1 Å². The van der Waals surface area contributed by atoms with Gasteiger partial charge in [-0.1, -0.05) is 0 Å². The van der Waals surface area contributed by atoms with Crippen LogP contribution in [-0.4, -0.2) is 33.9 Å². The van der Waals surface area contributed by atoms with Crippen molar-refractivity contribution < 1.29 is 9.21 Å². The van der Waals surface area contributed by atoms with Gasteiger partial charge < -0.3 is 14.3 Å². The van der Waals surface area contributed by atoms with Gasteiger partial charge in [0.05, 0.1) is 5.56 Å². The number of H-pyrrole nitrogens is 1. The van der Waals surface area contributed by atoms with Crippen molar-refractivity contribution in [2.24, 2.45) is 0 Å². The fraction of sp³-hybridized carbons (Fsp3) is 0.579. The lowest BCUT2D eigenvalue weighted by Gasteiger charge is -2.32. The third-order valence-electron chi connectivity index (χ3n) is 5.38. The van der Waals surface area contributed by atoms with Gasteiger partial charge in [0, 0.05) is 42.9 Å². The number of piperidine rings is 1. The number of aryl methyl sites for hydroxylation is 3. The molecule has 0 aromatic carbocycles. The predicted molar refractivity (Wildman–Crippen MR) is 91.3 cm³/mol. The summed E-state index contributed by atoms with van der Waals surface area (Å²) in [4.78, 5) is 23.0. The number of imidazole rings is 1. The lowest BCUT2D eigenvalue weighted by molar-refractivity contribution is 0.0702. The molecule has 2 aromatic heterocycles. The molecule has 2 aromatic rings. The third-order valence-corrected chi connectivity index (χ3v) is 5.38. The molecule has 5 heteroatoms. The van der Waals surface area contributed by atoms with Gasteiger partial charge in [-0.2, -0.15) is 0 Å². The SMILES string of the molecule is Cc1cnc([C@H]2CCCN(C(=O)c3c(C)oc4c3CCCC4)C2)[nH]1. The van der Waals surface area contributed by atoms with Gasteiger partial charge in [0.1, 0.15) is 17.3 Å². The number of likely N-dealkylation sites (tertiary alicyclic amines) is 1. The number of rotatable bonds is 2. The van der Waals surface area contributed by atoms with E-state index in [0.29, 0.717) is 5.92 Å². The molecule has 4 rings (SSSR count). The summed E-state index contributed by atoms with van der Waals surface area (Å²) in [5, 5.41) is 0. The van der Waals surface area contributed by atoms with Gasteiger partial charge in [-0.05, 0) is 46.0 Å². The van der Waals surface area contributed by atoms with Crippen LogP contribution >= 0.6 is 0 Å². The fourth-order valence-electron chi connectivity index (χ4n) is 4.17. The maximum atomic E-state index is 13.2. The number of carbonyl (C=O) groups is 1. The summed E-state index contributed by atoms with van der Waals surface area (Å²) < 4.78 is 5.90. The second kappa shape index (κ2) is 6.11. The second-order valence-electron chi connectivity index (χ2n) is 7.18. The Kier molecular flexibility index (Phi) is 3.94. The molecule has 5 nitrogen and oxygen atoms in total. The molecule has 0 unspecified atom stereocenters. The van der Waals surface area contributed by atoms with E-state index >= 15 is 0 Å². The van der Waals surface area contributed by atoms with Crippen LogP contribution in [0, 0.1) is 13.8 Å². The van der Waals surface area contributed by atoms with Crippen molar-refractivity contribution in [3.05, 3.63) is 40.4 Å². The highest BCUT2D eigenvalue weighted by Gasteiger charge is 2.32. The van der Waals surface area contributed by atoms with Crippen molar-refractivity contribution in [2.75, 3.05) is 13.1 Å². The first kappa shape index (κ1) is 15.5. The summed E-state index contributed by atoms with van der Waals surface area (Å²) in [5.74, 6) is 3.29. The van der Waals surface area contributed by atoms with E-state index < -0.39 is 0 Å². The molecule has 2 aliphatic rings. The average molecular weight is 327 g/mol. The Morgan fingerprint density at radius 3 is 2.92 bits per heavy atom. The van der Waals surface area contributed by atoms with Crippen LogP contribution in [0.2, 0.25) is 0 Å². The van der Waals surface area contributed by atoms with Gasteiger partial charge in [-0.25, -0.2) is 4.98 Å². The van der Waals surface area contributed by atoms with Gasteiger partial charge in [-0.15, -0.1) is 0 Å². The molecule has 1 N–H and O–H groups in total. The molecule has 1 aliphatic carbocycles. The van der Waals surface area contributed by atoms with Crippen molar-refractivity contribution >= 4 is 5.91 Å². The lowest BCUT2D eigenvalue weighted by atomic mass is 9.92. The zero-order valence-electron chi connectivity index (χ0n) is 14.5. The van der Waals surface area contributed by atoms with E-state index in [4.69, 9.17) is 4.42 Å². The van der Waals surface area contributed by atoms with Crippen molar-refractivity contribution in [3.63, 3.8) is 0 Å². The van der Waals surface area contributed by atoms with Gasteiger partial charge in [0.25, 0.3) is 5.91 Å². The predicted octanol–water partition coefficient (Wildman–Crippen LogP) is 3.52. The number of aromatic amines is 1. The van der Waals surface area contributed by atoms with Crippen LogP contribution < -0.4 is 0 Å². The van der Waals surface area contributed by atoms with Gasteiger partial charge in [-0.3, -0.25) is 4.79 Å². The summed E-state index contributed by atoms with van der Waals surface area (Å²) in [6.07, 6.45) is 8.24. The van der Waals surface area contributed by atoms with Crippen LogP contribution in [0.4, 0.5) is 0 Å². The number of nitrogens with zero attached hydrogens (tertiary/aromatic N) is 2. The van der Waals surface area contributed by atoms with E-state index in [2.05, 4.69) is 9.97 Å². The van der Waals surface area contributed by atoms with Crippen LogP contribution in [0.15, 0.2) is 10.6 Å². The van der Waals surface area contributed by atoms with E-state index in [1.807, 2.05) is 24.9 Å². The highest BCUT2D eigenvalue weighted by Crippen LogP contribution is 2.32. The van der Waals surface area contributed by atoms with Crippen LogP contribution in [0.1, 0.15) is 70.6 Å². The second-order valence-corrected chi connectivity index (χ2v) is 7.18. The number of fused-ring (bicyclic) bond motifs is 1. The standard InChI is InChI=1S/C19H25N3O2/c1-12-10-20-18(21-12)14-6-5-9-22(11-14)19(23)17-13(2)24-16-8-4-3-7-15(16)17/h10,14H,3-9,11H2,1-2H3,(H,20,21)/t14-/m0/s1. The maximum absolute atomic E-state index is 13.2. The third kappa shape index (κ3) is 2.66. The number of amides is 1. The van der Waals surface area contributed by atoms with Gasteiger partial charge >= 0.3 is 0 Å². The zero-order chi connectivity index (χ0) is 16.7. The largest absolute Gasteiger partial charge is 0.465 e. The summed E-state index contributed by atoms with van der Waals surface area (Å²) in [5.41, 5.74) is 3.08. The zero-order valence-corrected chi connectivity index (χ0v) is 14.5. The molecular weight excluding hydrogens is 302 g/mol. The van der Waals surface area contributed by atoms with Gasteiger partial charge in [0.2, 0.25) is 0 Å². The first-order chi connectivity index (χ1) is 11.6. The van der Waals surface area contributed by atoms with Crippen molar-refractivity contribution in [1.82, 2.24) is 14.9 Å². The highest BCUT2D eigenvalue weighted by molar-refractivity contribution is 5.97. The summed E-state index contributed by atoms with van der Waals surface area (Å²) in [6, 6.07) is 0. The van der Waals surface area contributed by atoms with E-state index in [-0.39, 0.29) is 5.91 Å². The summed E-state index contributed by atoms with van der Waals surface area (Å²) >= 11 is 0. The smallest absolute Gasteiger partial charge is 0.257 e. The monoisotopic (exact) mass is 327 g/mol. The van der Waals surface area contributed by atoms with Crippen LogP contribution in [0.5, 0.6) is 0 Å². The molecule has 3 heterocycles. The normalized spacial score (nSPS) is 20.9. The number of hydrogen-bond acceptors (Lipinski definition) is 3. The van der Waals surface area contributed by atoms with Crippen LogP contribution in [0.3, 0.4) is 0 Å². The van der Waals surface area contributed by atoms with Gasteiger partial charge in [0.15, 0.2) is 0 Å². The Labute approximate surface area is 142 Å². The molecule has 0 radical (unpaired) electrons. The lowest BCUT2D eigenvalue weighted by Crippen LogP contribution is -2.40. The molecular formula is C19H25N3O2. The summed E-state index contributed by atoms with van der Waals surface area (Å²) in [7, 11) is 0. The molecule has 1 atom stereocenters. The molecule has 24 heavy (non-hydrogen) atoms. The number of carbonyl (C=O) groups excluding carboxylic acids is 1. The Hall–Kier alpha value is -2.04. The summed E-state index contributed by atoms with van der Waals surface area (Å²) in [6.45, 7) is 5.52. The quantitative estimate of drug-likeness (QED) is 0.918. The van der Waals surface area contributed by atoms with Crippen molar-refractivity contribution in [1.29, 1.82) is 0 Å². The van der Waals surface area contributed by atoms with Crippen LogP contribution in [-0.2, 0) is 12.8 Å². The molecule has 1 aliphatic heterocycles. The first-order valence-electron chi connectivity index (χ1n) is 9.05. The number of hydrogen-bond donors (Lipinski definition) is 1. The van der Waals surface area contributed by atoms with Crippen LogP contribution in [0.25, 0.3) is 0 Å². The minimum Gasteiger partial charge on any atom is -0.465 e. The number of furan rings is 1. The highest BCUT2D eigenvalue weighted by atomic mass is 16.3. The van der Waals surface area contributed by atoms with E-state index in [9.17, 15) is 4.79 Å². The minimum atomic E-state index is 0.146. The Balaban J connectivity index is 1.57. The molecule has 0 spiro atoms. The molecule has 0 saturated carbocycles. The Morgan fingerprint density at radius 2 is 2.12 bits per heavy atom. The molecule has 128 valence electrons. The molecule has 0 bridgehead atoms. The molecule has 1 fully saturated rings. The number of aromatic nitrogens is 2. The van der Waals surface area contributed by atoms with E-state index in [1.165, 1.54) is 5.56 Å². The molecule has 1 amide bonds. The minimum absolute atomic E-state index is 0.146. The first-order valence-corrected chi connectivity index (χ1v) is 9.05. The Bertz CT molecular complexity index is 759. The fourth-order valence-corrected chi connectivity index (χ4v) is 4.17. The average Bonchev–Trinajstić information content (AvgIpc) is 3.17. The van der Waals surface area contributed by atoms with E-state index in [0.717, 1.165) is 80.2 Å². The number of nitrogens with one attached hydrogen (secondary N) is 1. The maximum Gasteiger partial charge on any atom is 0.257 e. The van der Waals surface area contributed by atoms with Crippen molar-refractivity contribution in [2.45, 2.75) is 58.3 Å². The Morgan fingerprint density at radius 1 is 1.29 bits per heavy atom. The van der Waals surface area contributed by atoms with E-state index in [1.54, 1.807) is 0 Å². The van der Waals surface area contributed by atoms with Crippen molar-refractivity contribution in [3.8, 4) is 0 Å².